The molecule has 1 amide bonds. The molecule has 7 heteroatoms. The molecule has 1 aromatic carbocycles. The minimum absolute atomic E-state index is 0.0286. The highest BCUT2D eigenvalue weighted by molar-refractivity contribution is 7.14. The third kappa shape index (κ3) is 4.24. The first-order chi connectivity index (χ1) is 14.0. The van der Waals surface area contributed by atoms with Crippen LogP contribution in [0.3, 0.4) is 0 Å². The van der Waals surface area contributed by atoms with Gasteiger partial charge < -0.3 is 4.74 Å². The van der Waals surface area contributed by atoms with Gasteiger partial charge >= 0.3 is 5.97 Å². The van der Waals surface area contributed by atoms with E-state index < -0.39 is 0 Å². The molecule has 2 aliphatic carbocycles. The number of hydrogen-bond acceptors (Lipinski definition) is 6. The monoisotopic (exact) mass is 412 g/mol. The second-order valence-corrected chi connectivity index (χ2v) is 8.65. The van der Waals surface area contributed by atoms with E-state index in [0.29, 0.717) is 29.5 Å². The summed E-state index contributed by atoms with van der Waals surface area (Å²) >= 11 is 1.34. The molecule has 2 fully saturated rings. The van der Waals surface area contributed by atoms with Crippen LogP contribution in [0, 0.1) is 17.8 Å². The maximum atomic E-state index is 12.6. The average Bonchev–Trinajstić information content (AvgIpc) is 3.15. The summed E-state index contributed by atoms with van der Waals surface area (Å²) in [5.41, 5.74) is 1.36. The fourth-order valence-electron chi connectivity index (χ4n) is 4.40. The Morgan fingerprint density at radius 3 is 2.52 bits per heavy atom. The number of benzene rings is 1. The van der Waals surface area contributed by atoms with Crippen molar-refractivity contribution in [1.82, 2.24) is 4.98 Å². The topological polar surface area (TPSA) is 76.6 Å². The minimum atomic E-state index is -0.240. The first kappa shape index (κ1) is 19.8. The Kier molecular flexibility index (Phi) is 5.76. The zero-order chi connectivity index (χ0) is 20.4. The van der Waals surface area contributed by atoms with Gasteiger partial charge in [0.25, 0.3) is 0 Å². The Morgan fingerprint density at radius 2 is 1.86 bits per heavy atom. The average molecular weight is 413 g/mol. The number of rotatable bonds is 5. The van der Waals surface area contributed by atoms with Crippen molar-refractivity contribution in [2.24, 2.45) is 17.8 Å². The fourth-order valence-corrected chi connectivity index (χ4v) is 5.28. The number of ketones is 1. The molecule has 2 aliphatic rings. The van der Waals surface area contributed by atoms with E-state index in [1.54, 1.807) is 10.3 Å². The highest BCUT2D eigenvalue weighted by Gasteiger charge is 2.41. The molecule has 152 valence electrons. The summed E-state index contributed by atoms with van der Waals surface area (Å²) in [6, 6.07) is 9.33. The van der Waals surface area contributed by atoms with Gasteiger partial charge in [-0.1, -0.05) is 24.6 Å². The molecular weight excluding hydrogens is 388 g/mol. The van der Waals surface area contributed by atoms with Crippen LogP contribution < -0.4 is 4.90 Å². The van der Waals surface area contributed by atoms with Crippen LogP contribution in [0.25, 0.3) is 0 Å². The molecule has 0 N–H and O–H groups in total. The number of esters is 1. The molecular formula is C22H24N2O4S. The molecule has 6 nitrogen and oxygen atoms in total. The lowest BCUT2D eigenvalue weighted by molar-refractivity contribution is -0.154. The van der Waals surface area contributed by atoms with E-state index >= 15 is 0 Å². The second kappa shape index (κ2) is 8.45. The van der Waals surface area contributed by atoms with Crippen molar-refractivity contribution in [1.29, 1.82) is 0 Å². The van der Waals surface area contributed by atoms with Crippen molar-refractivity contribution in [3.05, 3.63) is 41.4 Å². The normalized spacial score (nSPS) is 23.5. The van der Waals surface area contributed by atoms with Crippen molar-refractivity contribution in [3.63, 3.8) is 0 Å². The van der Waals surface area contributed by atoms with E-state index in [0.717, 1.165) is 24.9 Å². The molecule has 0 spiro atoms. The molecule has 0 radical (unpaired) electrons. The van der Waals surface area contributed by atoms with Crippen LogP contribution in [0.2, 0.25) is 0 Å². The van der Waals surface area contributed by atoms with Gasteiger partial charge in [0.1, 0.15) is 12.4 Å². The van der Waals surface area contributed by atoms with Crippen molar-refractivity contribution >= 4 is 39.8 Å². The number of ether oxygens (including phenoxy) is 1. The van der Waals surface area contributed by atoms with Crippen LogP contribution in [0.5, 0.6) is 0 Å². The smallest absolute Gasteiger partial charge is 0.309 e. The highest BCUT2D eigenvalue weighted by atomic mass is 32.1. The van der Waals surface area contributed by atoms with Crippen LogP contribution in [0.4, 0.5) is 10.8 Å². The summed E-state index contributed by atoms with van der Waals surface area (Å²) in [5, 5.41) is 2.35. The van der Waals surface area contributed by atoms with Gasteiger partial charge in [0.05, 0.1) is 17.3 Å². The van der Waals surface area contributed by atoms with E-state index in [1.165, 1.54) is 18.3 Å². The minimum Gasteiger partial charge on any atom is -0.459 e. The van der Waals surface area contributed by atoms with Crippen LogP contribution in [-0.2, 0) is 25.7 Å². The van der Waals surface area contributed by atoms with Gasteiger partial charge in [0.15, 0.2) is 5.13 Å². The molecule has 1 aromatic heterocycles. The third-order valence-electron chi connectivity index (χ3n) is 5.80. The maximum absolute atomic E-state index is 12.6. The van der Waals surface area contributed by atoms with Crippen LogP contribution >= 0.6 is 11.3 Å². The predicted octanol–water partition coefficient (Wildman–Crippen LogP) is 4.27. The number of thiazole rings is 1. The molecule has 29 heavy (non-hydrogen) atoms. The van der Waals surface area contributed by atoms with Crippen LogP contribution in [0.1, 0.15) is 44.7 Å². The van der Waals surface area contributed by atoms with Crippen molar-refractivity contribution in [2.75, 3.05) is 4.90 Å². The van der Waals surface area contributed by atoms with Gasteiger partial charge in [-0.15, -0.1) is 11.3 Å². The van der Waals surface area contributed by atoms with E-state index in [4.69, 9.17) is 4.74 Å². The summed E-state index contributed by atoms with van der Waals surface area (Å²) in [6.45, 7) is 1.57. The number of anilines is 2. The van der Waals surface area contributed by atoms with Gasteiger partial charge in [0.2, 0.25) is 5.91 Å². The Morgan fingerprint density at radius 1 is 1.17 bits per heavy atom. The van der Waals surface area contributed by atoms with Gasteiger partial charge in [-0.05, 0) is 37.8 Å². The van der Waals surface area contributed by atoms with Gasteiger partial charge in [-0.25, -0.2) is 4.98 Å². The quantitative estimate of drug-likeness (QED) is 0.686. The number of nitrogens with zero attached hydrogens (tertiary/aromatic N) is 2. The molecule has 2 saturated carbocycles. The van der Waals surface area contributed by atoms with Crippen molar-refractivity contribution in [3.8, 4) is 0 Å². The number of hydrogen-bond donors (Lipinski definition) is 0. The molecule has 1 heterocycles. The van der Waals surface area contributed by atoms with Crippen molar-refractivity contribution in [2.45, 2.75) is 45.6 Å². The third-order valence-corrected chi connectivity index (χ3v) is 6.68. The van der Waals surface area contributed by atoms with Crippen LogP contribution in [0.15, 0.2) is 35.7 Å². The molecule has 0 saturated heterocycles. The molecule has 2 bridgehead atoms. The van der Waals surface area contributed by atoms with E-state index in [9.17, 15) is 14.4 Å². The first-order valence-electron chi connectivity index (χ1n) is 10.0. The second-order valence-electron chi connectivity index (χ2n) is 7.81. The molecule has 2 atom stereocenters. The van der Waals surface area contributed by atoms with E-state index in [-0.39, 0.29) is 36.2 Å². The summed E-state index contributed by atoms with van der Waals surface area (Å²) in [5.74, 6) is -0.168. The number of Topliss-reactive ketones (excluding diaryl/α,β-unsaturated/α-hetero) is 1. The summed E-state index contributed by atoms with van der Waals surface area (Å²) in [4.78, 5) is 42.9. The largest absolute Gasteiger partial charge is 0.459 e. The summed E-state index contributed by atoms with van der Waals surface area (Å²) < 4.78 is 5.52. The zero-order valence-electron chi connectivity index (χ0n) is 16.4. The lowest BCUT2D eigenvalue weighted by atomic mass is 9.67. The SMILES string of the molecule is CC(=O)N(c1ccccc1)c1nc(COC(=O)C2C[C@H]3CCC[C@H](C2)C3=O)cs1. The van der Waals surface area contributed by atoms with Gasteiger partial charge in [0, 0.05) is 24.1 Å². The molecule has 0 aliphatic heterocycles. The fraction of sp³-hybridized carbons (Fsp3) is 0.455. The first-order valence-corrected chi connectivity index (χ1v) is 10.9. The number of aromatic nitrogens is 1. The molecule has 2 aromatic rings. The zero-order valence-corrected chi connectivity index (χ0v) is 17.2. The number of fused-ring (bicyclic) bond motifs is 2. The summed E-state index contributed by atoms with van der Waals surface area (Å²) in [6.07, 6.45) is 4.10. The Labute approximate surface area is 173 Å². The van der Waals surface area contributed by atoms with Gasteiger partial charge in [-0.3, -0.25) is 19.3 Å². The standard InChI is InChI=1S/C22H24N2O4S/c1-14(25)24(19-8-3-2-4-9-19)22-23-18(13-29-22)12-28-21(27)17-10-15-6-5-7-16(11-17)20(15)26/h2-4,8-9,13,15-17H,5-7,10-12H2,1H3/t15-,16-/m1/s1. The number of carbonyl (C=O) groups is 3. The lowest BCUT2D eigenvalue weighted by Gasteiger charge is -2.36. The Balaban J connectivity index is 1.39. The summed E-state index contributed by atoms with van der Waals surface area (Å²) in [7, 11) is 0. The highest BCUT2D eigenvalue weighted by Crippen LogP contribution is 2.40. The van der Waals surface area contributed by atoms with Crippen molar-refractivity contribution < 1.29 is 19.1 Å². The number of para-hydroxylation sites is 1. The lowest BCUT2D eigenvalue weighted by Crippen LogP contribution is -2.39. The molecule has 0 unspecified atom stereocenters. The molecule has 4 rings (SSSR count). The maximum Gasteiger partial charge on any atom is 0.309 e. The Bertz CT molecular complexity index is 895. The number of carbonyl (C=O) groups excluding carboxylic acids is 3. The van der Waals surface area contributed by atoms with E-state index in [2.05, 4.69) is 4.98 Å². The van der Waals surface area contributed by atoms with Crippen LogP contribution in [-0.4, -0.2) is 22.6 Å². The Hall–Kier alpha value is -2.54. The van der Waals surface area contributed by atoms with Gasteiger partial charge in [-0.2, -0.15) is 0 Å². The van der Waals surface area contributed by atoms with E-state index in [1.807, 2.05) is 30.3 Å². The predicted molar refractivity (Wildman–Crippen MR) is 110 cm³/mol. The number of amides is 1.